The molecule has 33 heavy (non-hydrogen) atoms. The third kappa shape index (κ3) is 6.31. The maximum Gasteiger partial charge on any atom is 0.272 e. The minimum atomic E-state index is -0.651. The van der Waals surface area contributed by atoms with Gasteiger partial charge in [-0.15, -0.1) is 0 Å². The van der Waals surface area contributed by atoms with Gasteiger partial charge in [0.25, 0.3) is 17.5 Å². The molecule has 0 saturated carbocycles. The minimum absolute atomic E-state index is 0.113. The Bertz CT molecular complexity index is 1240. The van der Waals surface area contributed by atoms with Crippen LogP contribution >= 0.6 is 23.2 Å². The summed E-state index contributed by atoms with van der Waals surface area (Å²) in [5.74, 6) is -0.836. The lowest BCUT2D eigenvalue weighted by molar-refractivity contribution is -0.384. The number of carbonyl (C=O) groups is 2. The van der Waals surface area contributed by atoms with Crippen molar-refractivity contribution < 1.29 is 19.2 Å². The molecule has 0 fully saturated rings. The number of anilines is 1. The van der Waals surface area contributed by atoms with Crippen molar-refractivity contribution >= 4 is 52.5 Å². The summed E-state index contributed by atoms with van der Waals surface area (Å²) >= 11 is 12.1. The molecule has 8 nitrogen and oxygen atoms in total. The highest BCUT2D eigenvalue weighted by atomic mass is 35.5. The second-order valence-corrected chi connectivity index (χ2v) is 7.51. The summed E-state index contributed by atoms with van der Waals surface area (Å²) in [6, 6.07) is 16.5. The first-order valence-corrected chi connectivity index (χ1v) is 10.2. The van der Waals surface area contributed by atoms with Crippen molar-refractivity contribution in [2.24, 2.45) is 0 Å². The number of nitro groups is 1. The van der Waals surface area contributed by atoms with Crippen LogP contribution in [0.2, 0.25) is 10.0 Å². The first kappa shape index (κ1) is 23.8. The lowest BCUT2D eigenvalue weighted by Gasteiger charge is -2.12. The van der Waals surface area contributed by atoms with Crippen LogP contribution in [0, 0.1) is 10.1 Å². The third-order valence-corrected chi connectivity index (χ3v) is 4.97. The number of nitro benzene ring substituents is 1. The lowest BCUT2D eigenvalue weighted by Crippen LogP contribution is -2.31. The highest BCUT2D eigenvalue weighted by Crippen LogP contribution is 2.23. The summed E-state index contributed by atoms with van der Waals surface area (Å²) in [4.78, 5) is 36.4. The number of hydrogen-bond donors (Lipinski definition) is 2. The van der Waals surface area contributed by atoms with Crippen LogP contribution in [0.25, 0.3) is 6.08 Å². The Kier molecular flexibility index (Phi) is 7.66. The van der Waals surface area contributed by atoms with Crippen molar-refractivity contribution in [3.63, 3.8) is 0 Å². The molecule has 0 aliphatic carbocycles. The maximum absolute atomic E-state index is 13.0. The highest BCUT2D eigenvalue weighted by Gasteiger charge is 2.18. The molecule has 3 rings (SSSR count). The van der Waals surface area contributed by atoms with Gasteiger partial charge in [0, 0.05) is 22.8 Å². The second-order valence-electron chi connectivity index (χ2n) is 6.67. The molecule has 0 unspecified atom stereocenters. The molecule has 10 heteroatoms. The number of nitrogens with one attached hydrogen (secondary N) is 2. The molecule has 2 amide bonds. The van der Waals surface area contributed by atoms with E-state index in [1.54, 1.807) is 36.4 Å². The Morgan fingerprint density at radius 1 is 1.03 bits per heavy atom. The van der Waals surface area contributed by atoms with Gasteiger partial charge in [-0.1, -0.05) is 35.3 Å². The van der Waals surface area contributed by atoms with Crippen LogP contribution in [0.3, 0.4) is 0 Å². The van der Waals surface area contributed by atoms with Crippen LogP contribution in [0.1, 0.15) is 15.9 Å². The van der Waals surface area contributed by atoms with Crippen LogP contribution in [-0.4, -0.2) is 23.8 Å². The van der Waals surface area contributed by atoms with E-state index in [1.165, 1.54) is 43.5 Å². The summed E-state index contributed by atoms with van der Waals surface area (Å²) in [5, 5.41) is 16.9. The molecule has 0 heterocycles. The molecule has 0 spiro atoms. The topological polar surface area (TPSA) is 111 Å². The second kappa shape index (κ2) is 10.6. The Labute approximate surface area is 198 Å². The molecule has 2 N–H and O–H groups in total. The molecule has 3 aromatic rings. The van der Waals surface area contributed by atoms with Gasteiger partial charge in [-0.3, -0.25) is 19.7 Å². The first-order chi connectivity index (χ1) is 15.8. The van der Waals surface area contributed by atoms with E-state index in [-0.39, 0.29) is 22.0 Å². The minimum Gasteiger partial charge on any atom is -0.497 e. The van der Waals surface area contributed by atoms with E-state index in [4.69, 9.17) is 27.9 Å². The van der Waals surface area contributed by atoms with E-state index in [0.717, 1.165) is 0 Å². The molecule has 0 atom stereocenters. The highest BCUT2D eigenvalue weighted by molar-refractivity contribution is 6.34. The number of benzene rings is 3. The SMILES string of the molecule is COc1ccc(C(=O)N/C(=C/c2cccc([N+](=O)[O-])c2)C(=O)Nc2ccc(Cl)cc2)c(Cl)c1. The maximum atomic E-state index is 13.0. The van der Waals surface area contributed by atoms with E-state index in [0.29, 0.717) is 22.0 Å². The fraction of sp³-hybridized carbons (Fsp3) is 0.0435. The standard InChI is InChI=1S/C23H17Cl2N3O5/c1-33-18-9-10-19(20(25)13-18)22(29)27-21(12-14-3-2-4-17(11-14)28(31)32)23(30)26-16-7-5-15(24)6-8-16/h2-13H,1H3,(H,26,30)(H,27,29)/b21-12+. The number of nitrogens with zero attached hydrogens (tertiary/aromatic N) is 1. The number of amides is 2. The monoisotopic (exact) mass is 485 g/mol. The van der Waals surface area contributed by atoms with Crippen LogP contribution in [0.4, 0.5) is 11.4 Å². The van der Waals surface area contributed by atoms with Gasteiger partial charge in [-0.05, 0) is 54.1 Å². The molecule has 0 saturated heterocycles. The van der Waals surface area contributed by atoms with Gasteiger partial charge >= 0.3 is 0 Å². The lowest BCUT2D eigenvalue weighted by atomic mass is 10.1. The van der Waals surface area contributed by atoms with Gasteiger partial charge in [-0.2, -0.15) is 0 Å². The molecule has 3 aromatic carbocycles. The van der Waals surface area contributed by atoms with Crippen LogP contribution in [-0.2, 0) is 4.79 Å². The van der Waals surface area contributed by atoms with E-state index in [2.05, 4.69) is 10.6 Å². The first-order valence-electron chi connectivity index (χ1n) is 9.45. The average molecular weight is 486 g/mol. The van der Waals surface area contributed by atoms with Crippen molar-refractivity contribution in [3.05, 3.63) is 104 Å². The van der Waals surface area contributed by atoms with Crippen molar-refractivity contribution in [2.45, 2.75) is 0 Å². The van der Waals surface area contributed by atoms with Gasteiger partial charge in [0.15, 0.2) is 0 Å². The quantitative estimate of drug-likeness (QED) is 0.267. The van der Waals surface area contributed by atoms with Gasteiger partial charge in [0.05, 0.1) is 22.6 Å². The van der Waals surface area contributed by atoms with Crippen LogP contribution in [0.5, 0.6) is 5.75 Å². The molecule has 168 valence electrons. The molecular formula is C23H17Cl2N3O5. The zero-order chi connectivity index (χ0) is 24.0. The van der Waals surface area contributed by atoms with Gasteiger partial charge in [0.2, 0.25) is 0 Å². The predicted octanol–water partition coefficient (Wildman–Crippen LogP) is 5.32. The zero-order valence-corrected chi connectivity index (χ0v) is 18.7. The third-order valence-electron chi connectivity index (χ3n) is 4.41. The Balaban J connectivity index is 1.94. The predicted molar refractivity (Wildman–Crippen MR) is 127 cm³/mol. The van der Waals surface area contributed by atoms with Gasteiger partial charge in [0.1, 0.15) is 11.4 Å². The Hall–Kier alpha value is -3.88. The Morgan fingerprint density at radius 3 is 2.39 bits per heavy atom. The summed E-state index contributed by atoms with van der Waals surface area (Å²) in [5.41, 5.74) is 0.576. The van der Waals surface area contributed by atoms with Gasteiger partial charge in [-0.25, -0.2) is 0 Å². The Morgan fingerprint density at radius 2 is 1.76 bits per heavy atom. The number of hydrogen-bond acceptors (Lipinski definition) is 5. The average Bonchev–Trinajstić information content (AvgIpc) is 2.80. The largest absolute Gasteiger partial charge is 0.497 e. The summed E-state index contributed by atoms with van der Waals surface area (Å²) in [6.07, 6.45) is 1.33. The van der Waals surface area contributed by atoms with Gasteiger partial charge < -0.3 is 15.4 Å². The van der Waals surface area contributed by atoms with Crippen molar-refractivity contribution in [3.8, 4) is 5.75 Å². The summed E-state index contributed by atoms with van der Waals surface area (Å²) < 4.78 is 5.08. The molecule has 0 bridgehead atoms. The smallest absolute Gasteiger partial charge is 0.272 e. The van der Waals surface area contributed by atoms with E-state index in [1.807, 2.05) is 0 Å². The van der Waals surface area contributed by atoms with E-state index >= 15 is 0 Å². The number of halogens is 2. The van der Waals surface area contributed by atoms with E-state index in [9.17, 15) is 19.7 Å². The number of carbonyl (C=O) groups excluding carboxylic acids is 2. The van der Waals surface area contributed by atoms with Crippen LogP contribution < -0.4 is 15.4 Å². The number of methoxy groups -OCH3 is 1. The molecule has 0 aromatic heterocycles. The number of rotatable bonds is 7. The fourth-order valence-corrected chi connectivity index (χ4v) is 3.16. The molecule has 0 radical (unpaired) electrons. The number of non-ortho nitro benzene ring substituents is 1. The number of ether oxygens (including phenoxy) is 1. The zero-order valence-electron chi connectivity index (χ0n) is 17.2. The van der Waals surface area contributed by atoms with Crippen molar-refractivity contribution in [1.82, 2.24) is 5.32 Å². The van der Waals surface area contributed by atoms with Crippen molar-refractivity contribution in [1.29, 1.82) is 0 Å². The van der Waals surface area contributed by atoms with Crippen molar-refractivity contribution in [2.75, 3.05) is 12.4 Å². The summed E-state index contributed by atoms with van der Waals surface area (Å²) in [6.45, 7) is 0. The fourth-order valence-electron chi connectivity index (χ4n) is 2.78. The summed E-state index contributed by atoms with van der Waals surface area (Å²) in [7, 11) is 1.46. The molecular weight excluding hydrogens is 469 g/mol. The normalized spacial score (nSPS) is 10.9. The van der Waals surface area contributed by atoms with E-state index < -0.39 is 16.7 Å². The molecule has 0 aliphatic heterocycles. The van der Waals surface area contributed by atoms with Crippen LogP contribution in [0.15, 0.2) is 72.4 Å². The molecule has 0 aliphatic rings.